The minimum Gasteiger partial charge on any atom is -0.380 e. The first-order chi connectivity index (χ1) is 28.1. The molecule has 12 nitrogen and oxygen atoms in total. The van der Waals surface area contributed by atoms with Gasteiger partial charge in [-0.1, -0.05) is 0 Å². The number of pyridine rings is 2. The zero-order valence-corrected chi connectivity index (χ0v) is 39.9. The van der Waals surface area contributed by atoms with E-state index in [9.17, 15) is 9.59 Å². The summed E-state index contributed by atoms with van der Waals surface area (Å²) in [5.74, 6) is -0.165. The molecule has 4 aromatic rings. The third-order valence-electron chi connectivity index (χ3n) is 11.4. The van der Waals surface area contributed by atoms with Crippen molar-refractivity contribution < 1.29 is 9.59 Å². The first kappa shape index (κ1) is 46.9. The zero-order valence-electron chi connectivity index (χ0n) is 35.4. The van der Waals surface area contributed by atoms with E-state index in [1.807, 2.05) is 49.8 Å². The molecule has 2 aliphatic rings. The van der Waals surface area contributed by atoms with Crippen molar-refractivity contribution >= 4 is 79.6 Å². The average molecular weight is 965 g/mol. The summed E-state index contributed by atoms with van der Waals surface area (Å²) < 4.78 is 5.88. The number of likely N-dealkylation sites (tertiary alicyclic amines) is 2. The van der Waals surface area contributed by atoms with E-state index in [1.54, 1.807) is 29.3 Å². The molecule has 4 N–H and O–H groups in total. The van der Waals surface area contributed by atoms with E-state index in [4.69, 9.17) is 10.5 Å². The van der Waals surface area contributed by atoms with Crippen LogP contribution < -0.4 is 10.6 Å². The molecule has 0 spiro atoms. The number of piperidine rings is 2. The van der Waals surface area contributed by atoms with Crippen molar-refractivity contribution in [2.24, 2.45) is 0 Å². The maximum atomic E-state index is 11.9. The Kier molecular flexibility index (Phi) is 19.6. The molecule has 0 unspecified atom stereocenters. The van der Waals surface area contributed by atoms with E-state index in [0.717, 1.165) is 82.3 Å². The smallest absolute Gasteiger partial charge is 0.236 e. The molecule has 2 aliphatic heterocycles. The number of halogens is 1. The van der Waals surface area contributed by atoms with Crippen molar-refractivity contribution in [3.63, 3.8) is 0 Å². The van der Waals surface area contributed by atoms with Crippen molar-refractivity contribution in [3.8, 4) is 12.1 Å². The predicted octanol–water partition coefficient (Wildman–Crippen LogP) is 10.3. The Hall–Kier alpha value is -3.82. The van der Waals surface area contributed by atoms with Crippen molar-refractivity contribution in [2.45, 2.75) is 135 Å². The Morgan fingerprint density at radius 3 is 1.71 bits per heavy atom. The summed E-state index contributed by atoms with van der Waals surface area (Å²) in [6.07, 6.45) is 19.9. The summed E-state index contributed by atoms with van der Waals surface area (Å²) in [4.78, 5) is 45.0. The Morgan fingerprint density at radius 2 is 1.24 bits per heavy atom. The second-order valence-corrected chi connectivity index (χ2v) is 31.7. The van der Waals surface area contributed by atoms with Crippen LogP contribution in [0.2, 0.25) is 18.2 Å². The van der Waals surface area contributed by atoms with Gasteiger partial charge in [0, 0.05) is 79.5 Å². The van der Waals surface area contributed by atoms with E-state index in [2.05, 4.69) is 72.2 Å². The van der Waals surface area contributed by atoms with Crippen LogP contribution >= 0.6 is 15.9 Å². The molecule has 0 aromatic carbocycles. The standard InChI is InChI=1S/C16H19N5O.C15H16BrN5O.3C4H9.CH3.Sn/c1-11-9-19-16-13(5-7-18-16)15(11)20-12-3-2-8-21(10-12)14(22)4-6-17;16-12-8-19-15-11(4-6-18-15)14(12)20-10-2-1-7-21(9-10)13(22)3-5-17;3*1-3-4-2;;/h5,7,9,12H,2-4,8,10H2,1H3,(H2,18,19,20);4,6,8,10H,1-3,7,9H2,(H2,18,19,20);3*1,3-4H2,2H3;1H3;/t12-;10-;;;;;/m11...../s1. The molecule has 6 rings (SSSR count). The van der Waals surface area contributed by atoms with Crippen LogP contribution in [0, 0.1) is 29.6 Å². The summed E-state index contributed by atoms with van der Waals surface area (Å²) in [7, 11) is 0. The van der Waals surface area contributed by atoms with Crippen LogP contribution in [0.3, 0.4) is 0 Å². The number of aromatic amines is 2. The minimum absolute atomic E-state index is 0.0386. The number of rotatable bonds is 15. The molecule has 2 amide bonds. The minimum atomic E-state index is -1.56. The number of nitriles is 2. The van der Waals surface area contributed by atoms with Gasteiger partial charge in [-0.2, -0.15) is 10.5 Å². The maximum absolute atomic E-state index is 11.9. The number of hydrogen-bond donors (Lipinski definition) is 4. The quantitative estimate of drug-likeness (QED) is 0.0854. The molecule has 2 saturated heterocycles. The van der Waals surface area contributed by atoms with Crippen LogP contribution in [0.5, 0.6) is 0 Å². The molecule has 0 aliphatic carbocycles. The number of unbranched alkanes of at least 4 members (excludes halogenated alkanes) is 3. The van der Waals surface area contributed by atoms with Crippen LogP contribution in [-0.2, 0) is 9.59 Å². The number of carbonyl (C=O) groups is 2. The van der Waals surface area contributed by atoms with E-state index in [0.29, 0.717) is 13.1 Å². The van der Waals surface area contributed by atoms with Crippen LogP contribution in [0.4, 0.5) is 11.4 Å². The number of H-pyrrole nitrogens is 2. The molecule has 314 valence electrons. The van der Waals surface area contributed by atoms with Gasteiger partial charge in [0.05, 0.1) is 22.3 Å². The van der Waals surface area contributed by atoms with Crippen molar-refractivity contribution in [2.75, 3.05) is 36.8 Å². The molecule has 14 heteroatoms. The monoisotopic (exact) mass is 964 g/mol. The van der Waals surface area contributed by atoms with Gasteiger partial charge >= 0.3 is 95.9 Å². The van der Waals surface area contributed by atoms with Gasteiger partial charge in [0.1, 0.15) is 24.1 Å². The van der Waals surface area contributed by atoms with Crippen molar-refractivity contribution in [1.82, 2.24) is 29.7 Å². The molecule has 0 radical (unpaired) electrons. The van der Waals surface area contributed by atoms with Crippen molar-refractivity contribution in [3.05, 3.63) is 47.0 Å². The molecule has 6 heterocycles. The second-order valence-electron chi connectivity index (χ2n) is 16.2. The van der Waals surface area contributed by atoms with E-state index in [1.165, 1.54) is 38.5 Å². The van der Waals surface area contributed by atoms with E-state index >= 15 is 0 Å². The van der Waals surface area contributed by atoms with Gasteiger partial charge in [0.2, 0.25) is 11.8 Å². The Balaban J connectivity index is 0.000000199. The van der Waals surface area contributed by atoms with Crippen LogP contribution in [0.15, 0.2) is 41.4 Å². The van der Waals surface area contributed by atoms with Crippen LogP contribution in [0.1, 0.15) is 103 Å². The van der Waals surface area contributed by atoms with Gasteiger partial charge in [0.25, 0.3) is 0 Å². The average Bonchev–Trinajstić information content (AvgIpc) is 3.92. The molecule has 4 aromatic heterocycles. The first-order valence-corrected chi connectivity index (χ1v) is 31.1. The summed E-state index contributed by atoms with van der Waals surface area (Å²) in [5.41, 5.74) is 4.85. The number of nitrogens with one attached hydrogen (secondary N) is 4. The zero-order chi connectivity index (χ0) is 41.9. The fourth-order valence-electron chi connectivity index (χ4n) is 8.03. The molecule has 58 heavy (non-hydrogen) atoms. The van der Waals surface area contributed by atoms with E-state index < -0.39 is 18.4 Å². The Morgan fingerprint density at radius 1 is 0.793 bits per heavy atom. The molecule has 2 atom stereocenters. The number of nitrogens with zero attached hydrogens (tertiary/aromatic N) is 6. The fraction of sp³-hybridized carbons (Fsp3) is 0.591. The number of aromatic nitrogens is 4. The third kappa shape index (κ3) is 13.9. The number of aryl methyl sites for hydroxylation is 1. The van der Waals surface area contributed by atoms with Gasteiger partial charge in [-0.25, -0.2) is 9.97 Å². The number of hydrogen-bond acceptors (Lipinski definition) is 8. The second kappa shape index (κ2) is 24.3. The number of fused-ring (bicyclic) bond motifs is 2. The summed E-state index contributed by atoms with van der Waals surface area (Å²) in [5, 5.41) is 26.5. The van der Waals surface area contributed by atoms with Gasteiger partial charge in [-0.05, 0) is 66.2 Å². The normalized spacial score (nSPS) is 16.7. The number of amides is 2. The third-order valence-corrected chi connectivity index (χ3v) is 25.4. The maximum Gasteiger partial charge on any atom is 0.236 e. The molecule has 2 fully saturated rings. The van der Waals surface area contributed by atoms with Gasteiger partial charge in [-0.3, -0.25) is 9.59 Å². The Labute approximate surface area is 358 Å². The fourth-order valence-corrected chi connectivity index (χ4v) is 20.9. The number of anilines is 2. The van der Waals surface area contributed by atoms with Crippen LogP contribution in [0.25, 0.3) is 22.1 Å². The Bertz CT molecular complexity index is 1840. The van der Waals surface area contributed by atoms with Crippen LogP contribution in [-0.4, -0.2) is 98.2 Å². The molecule has 0 saturated carbocycles. The van der Waals surface area contributed by atoms with Gasteiger partial charge < -0.3 is 30.4 Å². The largest absolute Gasteiger partial charge is 0.380 e. The number of carbonyl (C=O) groups excluding carboxylic acids is 2. The summed E-state index contributed by atoms with van der Waals surface area (Å²) in [6, 6.07) is 8.24. The first-order valence-electron chi connectivity index (χ1n) is 21.4. The van der Waals surface area contributed by atoms with Gasteiger partial charge in [0.15, 0.2) is 0 Å². The summed E-state index contributed by atoms with van der Waals surface area (Å²) >= 11 is 1.97. The van der Waals surface area contributed by atoms with E-state index in [-0.39, 0.29) is 36.7 Å². The predicted molar refractivity (Wildman–Crippen MR) is 242 cm³/mol. The molecular weight excluding hydrogens is 899 g/mol. The van der Waals surface area contributed by atoms with Crippen molar-refractivity contribution in [1.29, 1.82) is 10.5 Å². The summed E-state index contributed by atoms with van der Waals surface area (Å²) in [6.45, 7) is 11.8. The molecule has 0 bridgehead atoms. The SMILES string of the molecule is CCC[CH2][Sn]([CH3])([CH2]CCC)[CH2]CCC.Cc1cnc2[nH]ccc2c1N[C@@H]1CCCN(C(=O)CC#N)C1.N#CCC(=O)N1CCC[C@@H](Nc2c(Br)cnc3[nH]ccc23)C1. The molecular formula is C44H65BrN10O2Sn. The topological polar surface area (TPSA) is 170 Å². The van der Waals surface area contributed by atoms with Gasteiger partial charge in [-0.15, -0.1) is 0 Å².